The van der Waals surface area contributed by atoms with Crippen molar-refractivity contribution in [1.29, 1.82) is 0 Å². The van der Waals surface area contributed by atoms with E-state index in [0.717, 1.165) is 8.95 Å². The van der Waals surface area contributed by atoms with Gasteiger partial charge >= 0.3 is 0 Å². The molecule has 0 nitrogen and oxygen atoms in total. The van der Waals surface area contributed by atoms with Crippen LogP contribution in [0.4, 0.5) is 0 Å². The van der Waals surface area contributed by atoms with E-state index in [2.05, 4.69) is 130 Å². The molecule has 0 unspecified atom stereocenters. The van der Waals surface area contributed by atoms with Crippen molar-refractivity contribution in [2.75, 3.05) is 0 Å². The number of rotatable bonds is 4. The molecule has 0 aliphatic carbocycles. The lowest BCUT2D eigenvalue weighted by Gasteiger charge is -2.03. The van der Waals surface area contributed by atoms with Crippen molar-refractivity contribution in [2.45, 2.75) is 6.92 Å². The molecule has 3 aromatic rings. The summed E-state index contributed by atoms with van der Waals surface area (Å²) in [5.74, 6) is 0. The quantitative estimate of drug-likeness (QED) is 0.352. The maximum atomic E-state index is 3.46. The van der Waals surface area contributed by atoms with Gasteiger partial charge in [-0.25, -0.2) is 0 Å². The lowest BCUT2D eigenvalue weighted by Crippen LogP contribution is -1.82. The zero-order valence-corrected chi connectivity index (χ0v) is 17.1. The van der Waals surface area contributed by atoms with Crippen LogP contribution in [0.25, 0.3) is 24.3 Å². The molecule has 0 N–H and O–H groups in total. The third-order valence-electron chi connectivity index (χ3n) is 3.96. The van der Waals surface area contributed by atoms with Crippen molar-refractivity contribution in [2.24, 2.45) is 0 Å². The maximum absolute atomic E-state index is 3.46. The van der Waals surface area contributed by atoms with Gasteiger partial charge in [0.05, 0.1) is 0 Å². The Labute approximate surface area is 166 Å². The molecule has 0 fully saturated rings. The van der Waals surface area contributed by atoms with Gasteiger partial charge in [0.2, 0.25) is 0 Å². The molecule has 25 heavy (non-hydrogen) atoms. The first-order valence-electron chi connectivity index (χ1n) is 8.08. The Balaban J connectivity index is 1.74. The summed E-state index contributed by atoms with van der Waals surface area (Å²) in [7, 11) is 0. The molecule has 0 saturated carbocycles. The van der Waals surface area contributed by atoms with Crippen LogP contribution in [-0.2, 0) is 0 Å². The van der Waals surface area contributed by atoms with Crippen molar-refractivity contribution in [3.05, 3.63) is 103 Å². The van der Waals surface area contributed by atoms with Gasteiger partial charge in [0.1, 0.15) is 0 Å². The van der Waals surface area contributed by atoms with Gasteiger partial charge in [0.15, 0.2) is 0 Å². The number of benzene rings is 3. The van der Waals surface area contributed by atoms with Crippen LogP contribution in [0, 0.1) is 6.92 Å². The van der Waals surface area contributed by atoms with Crippen LogP contribution in [0.1, 0.15) is 27.8 Å². The Hall–Kier alpha value is -1.90. The van der Waals surface area contributed by atoms with Crippen molar-refractivity contribution < 1.29 is 0 Å². The molecule has 0 amide bonds. The molecule has 0 aliphatic heterocycles. The summed E-state index contributed by atoms with van der Waals surface area (Å²) in [5.41, 5.74) is 6.11. The minimum absolute atomic E-state index is 1.10. The predicted molar refractivity (Wildman–Crippen MR) is 117 cm³/mol. The van der Waals surface area contributed by atoms with Gasteiger partial charge in [-0.3, -0.25) is 0 Å². The second-order valence-corrected chi connectivity index (χ2v) is 7.72. The van der Waals surface area contributed by atoms with E-state index in [4.69, 9.17) is 0 Å². The highest BCUT2D eigenvalue weighted by Gasteiger charge is 1.96. The van der Waals surface area contributed by atoms with Crippen molar-refractivity contribution >= 4 is 56.2 Å². The highest BCUT2D eigenvalue weighted by Crippen LogP contribution is 2.18. The molecule has 2 heteroatoms. The summed E-state index contributed by atoms with van der Waals surface area (Å²) in [6.07, 6.45) is 8.60. The summed E-state index contributed by atoms with van der Waals surface area (Å²) in [6.45, 7) is 2.15. The minimum atomic E-state index is 1.10. The molecule has 0 spiro atoms. The first-order chi connectivity index (χ1) is 12.1. The van der Waals surface area contributed by atoms with E-state index in [1.54, 1.807) is 0 Å². The van der Waals surface area contributed by atoms with Crippen LogP contribution in [0.3, 0.4) is 0 Å². The van der Waals surface area contributed by atoms with E-state index in [9.17, 15) is 0 Å². The molecule has 0 atom stereocenters. The Bertz CT molecular complexity index is 902. The van der Waals surface area contributed by atoms with E-state index in [1.807, 2.05) is 0 Å². The molecular formula is C23H18Br2. The number of hydrogen-bond donors (Lipinski definition) is 0. The van der Waals surface area contributed by atoms with E-state index >= 15 is 0 Å². The van der Waals surface area contributed by atoms with Gasteiger partial charge in [-0.05, 0) is 59.0 Å². The SMILES string of the molecule is Cc1cc(/C=C/c2ccc(Br)cc2)ccc1/C=C/c1ccc(Br)cc1. The molecular weight excluding hydrogens is 436 g/mol. The minimum Gasteiger partial charge on any atom is -0.0544 e. The van der Waals surface area contributed by atoms with Crippen molar-refractivity contribution in [3.63, 3.8) is 0 Å². The Morgan fingerprint density at radius 2 is 1.00 bits per heavy atom. The lowest BCUT2D eigenvalue weighted by molar-refractivity contribution is 1.43. The summed E-state index contributed by atoms with van der Waals surface area (Å²) >= 11 is 6.92. The van der Waals surface area contributed by atoms with Gasteiger partial charge < -0.3 is 0 Å². The fourth-order valence-electron chi connectivity index (χ4n) is 2.52. The van der Waals surface area contributed by atoms with Gasteiger partial charge in [-0.1, -0.05) is 98.6 Å². The molecule has 0 radical (unpaired) electrons. The smallest absolute Gasteiger partial charge is 0.0175 e. The number of halogens is 2. The normalized spacial score (nSPS) is 11.5. The van der Waals surface area contributed by atoms with Crippen LogP contribution in [0.2, 0.25) is 0 Å². The van der Waals surface area contributed by atoms with Gasteiger partial charge in [0.25, 0.3) is 0 Å². The van der Waals surface area contributed by atoms with Crippen LogP contribution in [-0.4, -0.2) is 0 Å². The van der Waals surface area contributed by atoms with Crippen LogP contribution in [0.15, 0.2) is 75.7 Å². The van der Waals surface area contributed by atoms with Crippen LogP contribution < -0.4 is 0 Å². The average molecular weight is 454 g/mol. The van der Waals surface area contributed by atoms with E-state index in [1.165, 1.54) is 27.8 Å². The first kappa shape index (κ1) is 17.9. The predicted octanol–water partition coefficient (Wildman–Crippen LogP) is 7.86. The fourth-order valence-corrected chi connectivity index (χ4v) is 3.04. The summed E-state index contributed by atoms with van der Waals surface area (Å²) < 4.78 is 2.20. The molecule has 3 aromatic carbocycles. The van der Waals surface area contributed by atoms with Gasteiger partial charge in [-0.15, -0.1) is 0 Å². The second kappa shape index (κ2) is 8.46. The van der Waals surface area contributed by atoms with E-state index < -0.39 is 0 Å². The summed E-state index contributed by atoms with van der Waals surface area (Å²) in [4.78, 5) is 0. The van der Waals surface area contributed by atoms with E-state index in [-0.39, 0.29) is 0 Å². The fraction of sp³-hybridized carbons (Fsp3) is 0.0435. The van der Waals surface area contributed by atoms with E-state index in [0.29, 0.717) is 0 Å². The Kier molecular flexibility index (Phi) is 6.06. The third kappa shape index (κ3) is 5.29. The molecule has 0 bridgehead atoms. The Morgan fingerprint density at radius 3 is 1.52 bits per heavy atom. The highest BCUT2D eigenvalue weighted by molar-refractivity contribution is 9.10. The first-order valence-corrected chi connectivity index (χ1v) is 9.67. The van der Waals surface area contributed by atoms with Crippen LogP contribution >= 0.6 is 31.9 Å². The maximum Gasteiger partial charge on any atom is 0.0175 e. The molecule has 0 aromatic heterocycles. The number of hydrogen-bond acceptors (Lipinski definition) is 0. The average Bonchev–Trinajstić information content (AvgIpc) is 2.62. The monoisotopic (exact) mass is 452 g/mol. The van der Waals surface area contributed by atoms with Gasteiger partial charge in [-0.2, -0.15) is 0 Å². The third-order valence-corrected chi connectivity index (χ3v) is 5.01. The second-order valence-electron chi connectivity index (χ2n) is 5.89. The molecule has 0 heterocycles. The summed E-state index contributed by atoms with van der Waals surface area (Å²) in [5, 5.41) is 0. The molecule has 0 saturated heterocycles. The summed E-state index contributed by atoms with van der Waals surface area (Å²) in [6, 6.07) is 23.2. The largest absolute Gasteiger partial charge is 0.0544 e. The van der Waals surface area contributed by atoms with Gasteiger partial charge in [0, 0.05) is 8.95 Å². The molecule has 3 rings (SSSR count). The topological polar surface area (TPSA) is 0 Å². The Morgan fingerprint density at radius 1 is 0.560 bits per heavy atom. The van der Waals surface area contributed by atoms with Crippen LogP contribution in [0.5, 0.6) is 0 Å². The molecule has 0 aliphatic rings. The highest BCUT2D eigenvalue weighted by atomic mass is 79.9. The van der Waals surface area contributed by atoms with Crippen molar-refractivity contribution in [1.82, 2.24) is 0 Å². The zero-order valence-electron chi connectivity index (χ0n) is 13.9. The number of aryl methyl sites for hydroxylation is 1. The standard InChI is InChI=1S/C23H18Br2/c1-17-16-20(3-2-18-6-12-22(24)13-7-18)5-11-21(17)10-4-19-8-14-23(25)15-9-19/h2-16H,1H3/b3-2+,10-4+. The zero-order chi connectivity index (χ0) is 17.6. The van der Waals surface area contributed by atoms with Crippen molar-refractivity contribution in [3.8, 4) is 0 Å². The molecule has 124 valence electrons. The lowest BCUT2D eigenvalue weighted by atomic mass is 10.0.